The van der Waals surface area contributed by atoms with Gasteiger partial charge >= 0.3 is 10.2 Å². The van der Waals surface area contributed by atoms with Crippen molar-refractivity contribution in [2.75, 3.05) is 42.1 Å². The molecule has 1 aromatic heterocycles. The van der Waals surface area contributed by atoms with E-state index in [9.17, 15) is 13.2 Å². The topological polar surface area (TPSA) is 96.8 Å². The molecule has 2 saturated heterocycles. The number of nitrogens with one attached hydrogen (secondary N) is 1. The van der Waals surface area contributed by atoms with E-state index >= 15 is 0 Å². The highest BCUT2D eigenvalue weighted by molar-refractivity contribution is 7.92. The molecule has 0 unspecified atom stereocenters. The molecule has 12 heteroatoms. The molecule has 0 atom stereocenters. The maximum atomic E-state index is 12.5. The summed E-state index contributed by atoms with van der Waals surface area (Å²) >= 11 is 12.7. The van der Waals surface area contributed by atoms with Crippen molar-refractivity contribution in [3.05, 3.63) is 119 Å². The van der Waals surface area contributed by atoms with E-state index in [1.54, 1.807) is 30.3 Å². The van der Waals surface area contributed by atoms with E-state index < -0.39 is 16.1 Å². The van der Waals surface area contributed by atoms with E-state index in [0.717, 1.165) is 58.7 Å². The number of aromatic nitrogens is 2. The third-order valence-corrected chi connectivity index (χ3v) is 10.0. The molecule has 2 aliphatic heterocycles. The number of halogens is 2. The van der Waals surface area contributed by atoms with Crippen molar-refractivity contribution in [1.29, 1.82) is 0 Å². The maximum absolute atomic E-state index is 12.5. The van der Waals surface area contributed by atoms with Crippen LogP contribution in [0.5, 0.6) is 0 Å². The number of ether oxygens (including phenoxy) is 1. The average molecular weight is 675 g/mol. The third kappa shape index (κ3) is 6.21. The number of rotatable bonds is 7. The number of hydrogen-bond donors (Lipinski definition) is 1. The summed E-state index contributed by atoms with van der Waals surface area (Å²) in [5.74, 6) is 0.143. The molecule has 2 fully saturated rings. The Morgan fingerprint density at radius 3 is 2.20 bits per heavy atom. The molecule has 0 radical (unpaired) electrons. The Labute approximate surface area is 277 Å². The molecule has 3 heterocycles. The van der Waals surface area contributed by atoms with Crippen LogP contribution in [0.1, 0.15) is 11.4 Å². The molecule has 2 aliphatic rings. The van der Waals surface area contributed by atoms with Gasteiger partial charge in [-0.1, -0.05) is 65.7 Å². The Bertz CT molecular complexity index is 2030. The van der Waals surface area contributed by atoms with E-state index in [-0.39, 0.29) is 6.54 Å². The first-order valence-corrected chi connectivity index (χ1v) is 16.9. The highest BCUT2D eigenvalue weighted by Gasteiger charge is 2.34. The third-order valence-electron chi connectivity index (χ3n) is 8.10. The first-order chi connectivity index (χ1) is 22.2. The molecular weight excluding hydrogens is 645 g/mol. The van der Waals surface area contributed by atoms with Crippen LogP contribution >= 0.6 is 23.2 Å². The first kappa shape index (κ1) is 30.3. The maximum Gasteiger partial charge on any atom is 0.326 e. The zero-order chi connectivity index (χ0) is 31.8. The van der Waals surface area contributed by atoms with Crippen LogP contribution in [0.25, 0.3) is 28.1 Å². The van der Waals surface area contributed by atoms with Gasteiger partial charge in [0.2, 0.25) is 0 Å². The number of hydrogen-bond acceptors (Lipinski definition) is 6. The first-order valence-electron chi connectivity index (χ1n) is 14.7. The summed E-state index contributed by atoms with van der Waals surface area (Å²) in [6.07, 6.45) is 2.36. The average Bonchev–Trinajstić information content (AvgIpc) is 3.60. The van der Waals surface area contributed by atoms with Crippen LogP contribution < -0.4 is 13.9 Å². The number of morpholine rings is 1. The van der Waals surface area contributed by atoms with Crippen LogP contribution in [0.15, 0.2) is 97.2 Å². The second kappa shape index (κ2) is 12.4. The molecule has 1 N–H and O–H groups in total. The number of benzene rings is 4. The van der Waals surface area contributed by atoms with Crippen molar-refractivity contribution in [2.24, 2.45) is 0 Å². The SMILES string of the molecule is O=C1CN(c2cccc(-n3cc(-c4ccc(Cl)cc4Cl)nc3Cc3ccc(-c4ccc(N5CCOCC5)cc4)cc3)c2)S(=O)(=O)N1. The lowest BCUT2D eigenvalue weighted by atomic mass is 10.0. The Kier molecular flexibility index (Phi) is 8.20. The van der Waals surface area contributed by atoms with Gasteiger partial charge in [-0.15, -0.1) is 0 Å². The normalized spacial score (nSPS) is 16.1. The number of carbonyl (C=O) groups excluding carboxylic acids is 1. The van der Waals surface area contributed by atoms with Gasteiger partial charge in [-0.05, 0) is 65.2 Å². The smallest absolute Gasteiger partial charge is 0.326 e. The fraction of sp³-hybridized carbons (Fsp3) is 0.176. The lowest BCUT2D eigenvalue weighted by molar-refractivity contribution is -0.117. The van der Waals surface area contributed by atoms with E-state index in [2.05, 4.69) is 53.4 Å². The largest absolute Gasteiger partial charge is 0.378 e. The molecule has 0 aliphatic carbocycles. The molecule has 0 bridgehead atoms. The molecule has 0 spiro atoms. The summed E-state index contributed by atoms with van der Waals surface area (Å²) in [6.45, 7) is 3.01. The minimum absolute atomic E-state index is 0.281. The van der Waals surface area contributed by atoms with Crippen LogP contribution in [0, 0.1) is 0 Å². The Balaban J connectivity index is 1.20. The van der Waals surface area contributed by atoms with Gasteiger partial charge in [0.25, 0.3) is 5.91 Å². The molecule has 0 saturated carbocycles. The van der Waals surface area contributed by atoms with Crippen LogP contribution in [-0.2, 0) is 26.2 Å². The number of amides is 1. The molecular formula is C34H29Cl2N5O4S. The molecule has 46 heavy (non-hydrogen) atoms. The molecule has 7 rings (SSSR count). The summed E-state index contributed by atoms with van der Waals surface area (Å²) in [5.41, 5.74) is 6.89. The second-order valence-corrected chi connectivity index (χ2v) is 13.6. The summed E-state index contributed by atoms with van der Waals surface area (Å²) in [6, 6.07) is 29.2. The standard InChI is InChI=1S/C34H29Cl2N5O4S/c35-26-10-13-30(31(36)19-26)32-21-40(28-2-1-3-29(20-28)41-22-34(42)38-46(41,43)44)33(37-32)18-23-4-6-24(7-5-23)25-8-11-27(12-9-25)39-14-16-45-17-15-39/h1-13,19-21H,14-18,22H2,(H,38,42). The van der Waals surface area contributed by atoms with Crippen molar-refractivity contribution in [3.63, 3.8) is 0 Å². The zero-order valence-electron chi connectivity index (χ0n) is 24.6. The van der Waals surface area contributed by atoms with Gasteiger partial charge in [0.15, 0.2) is 0 Å². The fourth-order valence-electron chi connectivity index (χ4n) is 5.75. The van der Waals surface area contributed by atoms with Crippen LogP contribution in [0.2, 0.25) is 10.0 Å². The summed E-state index contributed by atoms with van der Waals surface area (Å²) in [4.78, 5) is 19.2. The fourth-order valence-corrected chi connectivity index (χ4v) is 7.40. The number of carbonyl (C=O) groups is 1. The van der Waals surface area contributed by atoms with Crippen molar-refractivity contribution in [1.82, 2.24) is 14.3 Å². The number of nitrogens with zero attached hydrogens (tertiary/aromatic N) is 4. The lowest BCUT2D eigenvalue weighted by Gasteiger charge is -2.28. The Morgan fingerprint density at radius 2 is 1.52 bits per heavy atom. The zero-order valence-corrected chi connectivity index (χ0v) is 26.9. The molecule has 9 nitrogen and oxygen atoms in total. The van der Waals surface area contributed by atoms with Gasteiger partial charge in [-0.25, -0.2) is 14.0 Å². The van der Waals surface area contributed by atoms with Gasteiger partial charge in [0.1, 0.15) is 12.4 Å². The van der Waals surface area contributed by atoms with Gasteiger partial charge in [0.05, 0.1) is 29.6 Å². The van der Waals surface area contributed by atoms with Gasteiger partial charge < -0.3 is 14.2 Å². The Morgan fingerprint density at radius 1 is 0.826 bits per heavy atom. The molecule has 1 amide bonds. The van der Waals surface area contributed by atoms with Crippen molar-refractivity contribution < 1.29 is 17.9 Å². The van der Waals surface area contributed by atoms with Gasteiger partial charge in [-0.2, -0.15) is 8.42 Å². The van der Waals surface area contributed by atoms with Crippen molar-refractivity contribution in [3.8, 4) is 28.1 Å². The van der Waals surface area contributed by atoms with Crippen molar-refractivity contribution in [2.45, 2.75) is 6.42 Å². The molecule has 4 aromatic carbocycles. The Hall–Kier alpha value is -4.35. The molecule has 5 aromatic rings. The van der Waals surface area contributed by atoms with Crippen LogP contribution in [0.3, 0.4) is 0 Å². The van der Waals surface area contributed by atoms with Gasteiger partial charge in [-0.3, -0.25) is 4.79 Å². The summed E-state index contributed by atoms with van der Waals surface area (Å²) < 4.78 is 35.6. The predicted molar refractivity (Wildman–Crippen MR) is 181 cm³/mol. The molecule has 234 valence electrons. The monoisotopic (exact) mass is 673 g/mol. The van der Waals surface area contributed by atoms with E-state index in [4.69, 9.17) is 32.9 Å². The van der Waals surface area contributed by atoms with Gasteiger partial charge in [0, 0.05) is 47.7 Å². The predicted octanol–water partition coefficient (Wildman–Crippen LogP) is 6.12. The van der Waals surface area contributed by atoms with Crippen LogP contribution in [-0.4, -0.2) is 56.7 Å². The highest BCUT2D eigenvalue weighted by atomic mass is 35.5. The highest BCUT2D eigenvalue weighted by Crippen LogP contribution is 2.33. The van der Waals surface area contributed by atoms with Crippen molar-refractivity contribution >= 4 is 50.7 Å². The van der Waals surface area contributed by atoms with E-state index in [1.165, 1.54) is 5.69 Å². The minimum atomic E-state index is -3.96. The second-order valence-electron chi connectivity index (χ2n) is 11.1. The lowest BCUT2D eigenvalue weighted by Crippen LogP contribution is -2.36. The summed E-state index contributed by atoms with van der Waals surface area (Å²) in [5, 5.41) is 0.987. The number of anilines is 2. The quantitative estimate of drug-likeness (QED) is 0.224. The summed E-state index contributed by atoms with van der Waals surface area (Å²) in [7, 11) is -3.96. The minimum Gasteiger partial charge on any atom is -0.378 e. The van der Waals surface area contributed by atoms with E-state index in [1.807, 2.05) is 27.6 Å². The van der Waals surface area contributed by atoms with E-state index in [0.29, 0.717) is 33.5 Å². The number of imidazole rings is 1. The van der Waals surface area contributed by atoms with Crippen LogP contribution in [0.4, 0.5) is 11.4 Å².